The van der Waals surface area contributed by atoms with E-state index in [1.165, 1.54) is 0 Å². The second-order valence-electron chi connectivity index (χ2n) is 4.09. The molecule has 1 aromatic heterocycles. The van der Waals surface area contributed by atoms with E-state index in [9.17, 15) is 9.59 Å². The zero-order valence-electron chi connectivity index (χ0n) is 9.74. The third-order valence-corrected chi connectivity index (χ3v) is 2.82. The molecule has 8 nitrogen and oxygen atoms in total. The molecule has 1 aliphatic rings. The van der Waals surface area contributed by atoms with Crippen molar-refractivity contribution < 1.29 is 14.7 Å². The number of carbonyl (C=O) groups excluding carboxylic acids is 1. The lowest BCUT2D eigenvalue weighted by Crippen LogP contribution is -2.49. The Bertz CT molecular complexity index is 458. The summed E-state index contributed by atoms with van der Waals surface area (Å²) in [6.45, 7) is 1.59. The van der Waals surface area contributed by atoms with Gasteiger partial charge in [0.25, 0.3) is 0 Å². The van der Waals surface area contributed by atoms with Crippen molar-refractivity contribution in [2.45, 2.75) is 19.1 Å². The standard InChI is InChI=1S/C10H15N5O3/c11-7(9(16)17)5-13-10(18)15-4-3-14-2-1-12-8(14)6-15/h1-2,7H,3-6,11H2,(H,13,18)(H,16,17)/t7-/m0/s1. The Morgan fingerprint density at radius 1 is 1.56 bits per heavy atom. The second kappa shape index (κ2) is 5.05. The minimum Gasteiger partial charge on any atom is -0.480 e. The number of aromatic nitrogens is 2. The van der Waals surface area contributed by atoms with Gasteiger partial charge in [0.1, 0.15) is 11.9 Å². The molecule has 0 bridgehead atoms. The Labute approximate surface area is 103 Å². The molecule has 0 aliphatic carbocycles. The second-order valence-corrected chi connectivity index (χ2v) is 4.09. The third kappa shape index (κ3) is 2.59. The van der Waals surface area contributed by atoms with Crippen LogP contribution in [0.4, 0.5) is 4.79 Å². The van der Waals surface area contributed by atoms with Crippen molar-refractivity contribution in [2.24, 2.45) is 5.73 Å². The Balaban J connectivity index is 1.86. The molecule has 1 atom stereocenters. The Morgan fingerprint density at radius 2 is 2.33 bits per heavy atom. The van der Waals surface area contributed by atoms with Crippen molar-refractivity contribution in [1.82, 2.24) is 19.8 Å². The van der Waals surface area contributed by atoms with Crippen LogP contribution in [-0.2, 0) is 17.9 Å². The summed E-state index contributed by atoms with van der Waals surface area (Å²) in [5, 5.41) is 11.1. The van der Waals surface area contributed by atoms with Crippen molar-refractivity contribution in [2.75, 3.05) is 13.1 Å². The summed E-state index contributed by atoms with van der Waals surface area (Å²) in [7, 11) is 0. The molecule has 2 heterocycles. The van der Waals surface area contributed by atoms with Crippen molar-refractivity contribution in [3.63, 3.8) is 0 Å². The molecule has 1 aliphatic heterocycles. The fraction of sp³-hybridized carbons (Fsp3) is 0.500. The summed E-state index contributed by atoms with van der Waals surface area (Å²) >= 11 is 0. The van der Waals surface area contributed by atoms with Gasteiger partial charge in [0.15, 0.2) is 0 Å². The number of aliphatic carboxylic acids is 1. The van der Waals surface area contributed by atoms with Gasteiger partial charge >= 0.3 is 12.0 Å². The van der Waals surface area contributed by atoms with Crippen LogP contribution in [0.5, 0.6) is 0 Å². The van der Waals surface area contributed by atoms with Gasteiger partial charge in [0, 0.05) is 32.0 Å². The van der Waals surface area contributed by atoms with Crippen LogP contribution in [0.15, 0.2) is 12.4 Å². The summed E-state index contributed by atoms with van der Waals surface area (Å²) in [6, 6.07) is -1.40. The minimum absolute atomic E-state index is 0.0842. The Morgan fingerprint density at radius 3 is 3.06 bits per heavy atom. The van der Waals surface area contributed by atoms with Crippen LogP contribution < -0.4 is 11.1 Å². The highest BCUT2D eigenvalue weighted by molar-refractivity contribution is 5.77. The summed E-state index contributed by atoms with van der Waals surface area (Å²) in [5.41, 5.74) is 5.31. The molecular weight excluding hydrogens is 238 g/mol. The molecule has 8 heteroatoms. The van der Waals surface area contributed by atoms with Crippen LogP contribution in [0.2, 0.25) is 0 Å². The third-order valence-electron chi connectivity index (χ3n) is 2.82. The van der Waals surface area contributed by atoms with Crippen LogP contribution >= 0.6 is 0 Å². The van der Waals surface area contributed by atoms with E-state index >= 15 is 0 Å². The maximum absolute atomic E-state index is 11.8. The molecule has 98 valence electrons. The molecule has 0 radical (unpaired) electrons. The maximum atomic E-state index is 11.8. The van der Waals surface area contributed by atoms with Gasteiger partial charge in [0.2, 0.25) is 0 Å². The number of nitrogens with two attached hydrogens (primary N) is 1. The lowest BCUT2D eigenvalue weighted by molar-refractivity contribution is -0.138. The summed E-state index contributed by atoms with van der Waals surface area (Å²) < 4.78 is 1.98. The van der Waals surface area contributed by atoms with Gasteiger partial charge in [-0.3, -0.25) is 4.79 Å². The number of carboxylic acid groups (broad SMARTS) is 1. The average Bonchev–Trinajstić information content (AvgIpc) is 2.82. The van der Waals surface area contributed by atoms with Gasteiger partial charge in [-0.15, -0.1) is 0 Å². The molecule has 0 saturated carbocycles. The van der Waals surface area contributed by atoms with Gasteiger partial charge in [-0.1, -0.05) is 0 Å². The van der Waals surface area contributed by atoms with E-state index in [4.69, 9.17) is 10.8 Å². The van der Waals surface area contributed by atoms with Crippen molar-refractivity contribution in [3.8, 4) is 0 Å². The fourth-order valence-electron chi connectivity index (χ4n) is 1.74. The van der Waals surface area contributed by atoms with E-state index in [1.54, 1.807) is 11.1 Å². The number of imidazole rings is 1. The van der Waals surface area contributed by atoms with E-state index in [2.05, 4.69) is 10.3 Å². The van der Waals surface area contributed by atoms with Gasteiger partial charge in [0.05, 0.1) is 6.54 Å². The zero-order chi connectivity index (χ0) is 13.1. The Hall–Kier alpha value is -2.09. The smallest absolute Gasteiger partial charge is 0.322 e. The summed E-state index contributed by atoms with van der Waals surface area (Å²) in [5.74, 6) is -0.316. The van der Waals surface area contributed by atoms with E-state index in [0.29, 0.717) is 19.6 Å². The molecule has 1 aromatic rings. The van der Waals surface area contributed by atoms with Gasteiger partial charge in [-0.05, 0) is 0 Å². The number of rotatable bonds is 3. The molecule has 0 aromatic carbocycles. The maximum Gasteiger partial charge on any atom is 0.322 e. The highest BCUT2D eigenvalue weighted by Gasteiger charge is 2.22. The number of urea groups is 1. The first kappa shape index (κ1) is 12.4. The summed E-state index contributed by atoms with van der Waals surface area (Å²) in [6.07, 6.45) is 3.56. The molecule has 18 heavy (non-hydrogen) atoms. The largest absolute Gasteiger partial charge is 0.480 e. The predicted molar refractivity (Wildman–Crippen MR) is 61.6 cm³/mol. The van der Waals surface area contributed by atoms with Crippen molar-refractivity contribution in [1.29, 1.82) is 0 Å². The van der Waals surface area contributed by atoms with Gasteiger partial charge < -0.3 is 25.6 Å². The normalized spacial score (nSPS) is 15.9. The molecular formula is C10H15N5O3. The number of fused-ring (bicyclic) bond motifs is 1. The number of amides is 2. The average molecular weight is 253 g/mol. The molecule has 4 N–H and O–H groups in total. The first-order valence-corrected chi connectivity index (χ1v) is 5.59. The van der Waals surface area contributed by atoms with E-state index in [0.717, 1.165) is 5.82 Å². The molecule has 2 rings (SSSR count). The number of carboxylic acids is 1. The summed E-state index contributed by atoms with van der Waals surface area (Å²) in [4.78, 5) is 28.0. The molecule has 0 spiro atoms. The monoisotopic (exact) mass is 253 g/mol. The number of carbonyl (C=O) groups is 2. The van der Waals surface area contributed by atoms with Crippen LogP contribution in [0, 0.1) is 0 Å². The zero-order valence-corrected chi connectivity index (χ0v) is 9.74. The fourth-order valence-corrected chi connectivity index (χ4v) is 1.74. The van der Waals surface area contributed by atoms with Crippen LogP contribution in [0.25, 0.3) is 0 Å². The highest BCUT2D eigenvalue weighted by atomic mass is 16.4. The molecule has 0 unspecified atom stereocenters. The number of nitrogens with one attached hydrogen (secondary N) is 1. The lowest BCUT2D eigenvalue weighted by atomic mass is 10.3. The number of hydrogen-bond donors (Lipinski definition) is 3. The van der Waals surface area contributed by atoms with E-state index in [-0.39, 0.29) is 12.6 Å². The molecule has 2 amide bonds. The number of hydrogen-bond acceptors (Lipinski definition) is 4. The predicted octanol–water partition coefficient (Wildman–Crippen LogP) is -1.18. The Kier molecular flexibility index (Phi) is 3.47. The lowest BCUT2D eigenvalue weighted by Gasteiger charge is -2.28. The van der Waals surface area contributed by atoms with Crippen molar-refractivity contribution in [3.05, 3.63) is 18.2 Å². The number of nitrogens with zero attached hydrogens (tertiary/aromatic N) is 3. The molecule has 0 fully saturated rings. The topological polar surface area (TPSA) is 113 Å². The quantitative estimate of drug-likeness (QED) is 0.627. The van der Waals surface area contributed by atoms with Crippen LogP contribution in [0.1, 0.15) is 5.82 Å². The van der Waals surface area contributed by atoms with E-state index in [1.807, 2.05) is 10.8 Å². The van der Waals surface area contributed by atoms with Crippen LogP contribution in [0.3, 0.4) is 0 Å². The van der Waals surface area contributed by atoms with Crippen molar-refractivity contribution >= 4 is 12.0 Å². The van der Waals surface area contributed by atoms with Gasteiger partial charge in [-0.2, -0.15) is 0 Å². The first-order chi connectivity index (χ1) is 8.58. The minimum atomic E-state index is -1.13. The first-order valence-electron chi connectivity index (χ1n) is 5.59. The highest BCUT2D eigenvalue weighted by Crippen LogP contribution is 2.09. The van der Waals surface area contributed by atoms with Gasteiger partial charge in [-0.25, -0.2) is 9.78 Å². The molecule has 0 saturated heterocycles. The van der Waals surface area contributed by atoms with E-state index < -0.39 is 12.0 Å². The SMILES string of the molecule is N[C@@H](CNC(=O)N1CCn2ccnc2C1)C(=O)O. The van der Waals surface area contributed by atoms with Crippen LogP contribution in [-0.4, -0.2) is 50.7 Å².